The SMILES string of the molecule is Cc1cccc2sc(-c3ccccc3S)nc12. The summed E-state index contributed by atoms with van der Waals surface area (Å²) in [7, 11) is 0. The van der Waals surface area contributed by atoms with E-state index in [-0.39, 0.29) is 0 Å². The zero-order valence-corrected chi connectivity index (χ0v) is 11.1. The highest BCUT2D eigenvalue weighted by Crippen LogP contribution is 2.34. The van der Waals surface area contributed by atoms with Crippen LogP contribution in [0.5, 0.6) is 0 Å². The Morgan fingerprint density at radius 1 is 1.06 bits per heavy atom. The van der Waals surface area contributed by atoms with Crippen molar-refractivity contribution in [3.63, 3.8) is 0 Å². The Morgan fingerprint density at radius 3 is 2.65 bits per heavy atom. The molecule has 0 amide bonds. The fraction of sp³-hybridized carbons (Fsp3) is 0.0714. The van der Waals surface area contributed by atoms with Gasteiger partial charge in [-0.15, -0.1) is 24.0 Å². The van der Waals surface area contributed by atoms with E-state index in [1.807, 2.05) is 18.2 Å². The van der Waals surface area contributed by atoms with Crippen molar-refractivity contribution in [1.29, 1.82) is 0 Å². The van der Waals surface area contributed by atoms with Crippen molar-refractivity contribution in [3.8, 4) is 10.6 Å². The zero-order chi connectivity index (χ0) is 11.8. The van der Waals surface area contributed by atoms with E-state index in [1.54, 1.807) is 11.3 Å². The summed E-state index contributed by atoms with van der Waals surface area (Å²) < 4.78 is 1.23. The summed E-state index contributed by atoms with van der Waals surface area (Å²) in [4.78, 5) is 5.69. The number of para-hydroxylation sites is 1. The molecule has 0 N–H and O–H groups in total. The molecule has 0 saturated carbocycles. The molecule has 17 heavy (non-hydrogen) atoms. The second-order valence-electron chi connectivity index (χ2n) is 3.96. The van der Waals surface area contributed by atoms with Crippen LogP contribution in [0.2, 0.25) is 0 Å². The van der Waals surface area contributed by atoms with E-state index in [4.69, 9.17) is 4.98 Å². The molecule has 0 aliphatic heterocycles. The first kappa shape index (κ1) is 10.8. The largest absolute Gasteiger partial charge is 0.236 e. The van der Waals surface area contributed by atoms with Crippen molar-refractivity contribution in [2.75, 3.05) is 0 Å². The number of nitrogens with zero attached hydrogens (tertiary/aromatic N) is 1. The Bertz CT molecular complexity index is 686. The number of thiol groups is 1. The van der Waals surface area contributed by atoms with Crippen LogP contribution in [0, 0.1) is 6.92 Å². The fourth-order valence-electron chi connectivity index (χ4n) is 1.86. The molecular formula is C14H11NS2. The molecule has 0 atom stereocenters. The van der Waals surface area contributed by atoms with Crippen molar-refractivity contribution in [2.45, 2.75) is 11.8 Å². The predicted molar refractivity (Wildman–Crippen MR) is 77.0 cm³/mol. The lowest BCUT2D eigenvalue weighted by atomic mass is 10.2. The summed E-state index contributed by atoms with van der Waals surface area (Å²) in [6.45, 7) is 2.10. The Morgan fingerprint density at radius 2 is 1.88 bits per heavy atom. The molecule has 0 saturated heterocycles. The third-order valence-electron chi connectivity index (χ3n) is 2.76. The van der Waals surface area contributed by atoms with Crippen LogP contribution >= 0.6 is 24.0 Å². The van der Waals surface area contributed by atoms with Gasteiger partial charge in [0.1, 0.15) is 5.01 Å². The van der Waals surface area contributed by atoms with Gasteiger partial charge in [-0.2, -0.15) is 0 Å². The molecule has 0 aliphatic carbocycles. The molecule has 3 rings (SSSR count). The minimum Gasteiger partial charge on any atom is -0.236 e. The normalized spacial score (nSPS) is 10.9. The van der Waals surface area contributed by atoms with Gasteiger partial charge in [-0.3, -0.25) is 0 Å². The molecule has 0 fully saturated rings. The van der Waals surface area contributed by atoms with Gasteiger partial charge in [-0.05, 0) is 24.6 Å². The molecule has 1 heterocycles. The lowest BCUT2D eigenvalue weighted by Gasteiger charge is -1.98. The monoisotopic (exact) mass is 257 g/mol. The van der Waals surface area contributed by atoms with Crippen LogP contribution in [-0.4, -0.2) is 4.98 Å². The lowest BCUT2D eigenvalue weighted by molar-refractivity contribution is 1.38. The minimum atomic E-state index is 0.976. The topological polar surface area (TPSA) is 12.9 Å². The summed E-state index contributed by atoms with van der Waals surface area (Å²) >= 11 is 6.20. The van der Waals surface area contributed by atoms with Gasteiger partial charge in [0.2, 0.25) is 0 Å². The number of aryl methyl sites for hydroxylation is 1. The summed E-state index contributed by atoms with van der Waals surface area (Å²) in [5.41, 5.74) is 3.43. The van der Waals surface area contributed by atoms with E-state index in [9.17, 15) is 0 Å². The van der Waals surface area contributed by atoms with Crippen LogP contribution in [0.1, 0.15) is 5.56 Å². The first-order valence-corrected chi connectivity index (χ1v) is 6.66. The highest BCUT2D eigenvalue weighted by molar-refractivity contribution is 7.80. The van der Waals surface area contributed by atoms with Gasteiger partial charge < -0.3 is 0 Å². The average Bonchev–Trinajstić information content (AvgIpc) is 2.75. The zero-order valence-electron chi connectivity index (χ0n) is 9.34. The first-order chi connectivity index (χ1) is 8.25. The molecule has 2 aromatic carbocycles. The summed E-state index contributed by atoms with van der Waals surface area (Å²) in [6.07, 6.45) is 0. The second kappa shape index (κ2) is 4.17. The maximum atomic E-state index is 4.71. The summed E-state index contributed by atoms with van der Waals surface area (Å²) in [5.74, 6) is 0. The molecule has 0 bridgehead atoms. The van der Waals surface area contributed by atoms with Crippen molar-refractivity contribution in [3.05, 3.63) is 48.0 Å². The van der Waals surface area contributed by atoms with Crippen LogP contribution in [0.15, 0.2) is 47.4 Å². The number of rotatable bonds is 1. The Labute approximate surface area is 110 Å². The molecule has 3 heteroatoms. The predicted octanol–water partition coefficient (Wildman–Crippen LogP) is 4.56. The maximum absolute atomic E-state index is 4.71. The van der Waals surface area contributed by atoms with Crippen LogP contribution < -0.4 is 0 Å². The second-order valence-corrected chi connectivity index (χ2v) is 5.47. The average molecular weight is 257 g/mol. The van der Waals surface area contributed by atoms with Gasteiger partial charge in [-0.1, -0.05) is 30.3 Å². The minimum absolute atomic E-state index is 0.976. The highest BCUT2D eigenvalue weighted by atomic mass is 32.1. The third-order valence-corrected chi connectivity index (χ3v) is 4.20. The molecule has 0 radical (unpaired) electrons. The van der Waals surface area contributed by atoms with Gasteiger partial charge in [0, 0.05) is 10.5 Å². The van der Waals surface area contributed by atoms with E-state index < -0.39 is 0 Å². The van der Waals surface area contributed by atoms with Crippen molar-refractivity contribution in [2.24, 2.45) is 0 Å². The lowest BCUT2D eigenvalue weighted by Crippen LogP contribution is -1.79. The van der Waals surface area contributed by atoms with Crippen molar-refractivity contribution < 1.29 is 0 Å². The van der Waals surface area contributed by atoms with E-state index >= 15 is 0 Å². The summed E-state index contributed by atoms with van der Waals surface area (Å²) in [6, 6.07) is 14.4. The Kier molecular flexibility index (Phi) is 2.65. The van der Waals surface area contributed by atoms with E-state index in [0.717, 1.165) is 21.0 Å². The number of hydrogen-bond acceptors (Lipinski definition) is 3. The van der Waals surface area contributed by atoms with Gasteiger partial charge in [0.05, 0.1) is 10.2 Å². The van der Waals surface area contributed by atoms with Gasteiger partial charge in [0.25, 0.3) is 0 Å². The molecular weight excluding hydrogens is 246 g/mol. The van der Waals surface area contributed by atoms with E-state index in [2.05, 4.69) is 43.8 Å². The fourth-order valence-corrected chi connectivity index (χ4v) is 3.28. The van der Waals surface area contributed by atoms with Gasteiger partial charge in [0.15, 0.2) is 0 Å². The van der Waals surface area contributed by atoms with Crippen LogP contribution in [0.25, 0.3) is 20.8 Å². The Balaban J connectivity index is 2.26. The van der Waals surface area contributed by atoms with Crippen LogP contribution in [0.3, 0.4) is 0 Å². The van der Waals surface area contributed by atoms with Crippen molar-refractivity contribution >= 4 is 34.2 Å². The van der Waals surface area contributed by atoms with Crippen molar-refractivity contribution in [1.82, 2.24) is 4.98 Å². The number of thiazole rings is 1. The molecule has 0 aliphatic rings. The summed E-state index contributed by atoms with van der Waals surface area (Å²) in [5, 5.41) is 1.04. The molecule has 1 nitrogen and oxygen atoms in total. The molecule has 0 unspecified atom stereocenters. The molecule has 0 spiro atoms. The van der Waals surface area contributed by atoms with Crippen LogP contribution in [-0.2, 0) is 0 Å². The molecule has 1 aromatic heterocycles. The maximum Gasteiger partial charge on any atom is 0.125 e. The first-order valence-electron chi connectivity index (χ1n) is 5.40. The third kappa shape index (κ3) is 1.85. The molecule has 3 aromatic rings. The number of hydrogen-bond donors (Lipinski definition) is 1. The molecule has 84 valence electrons. The number of benzene rings is 2. The van der Waals surface area contributed by atoms with Gasteiger partial charge in [-0.25, -0.2) is 4.98 Å². The van der Waals surface area contributed by atoms with Crippen LogP contribution in [0.4, 0.5) is 0 Å². The van der Waals surface area contributed by atoms with E-state index in [1.165, 1.54) is 10.3 Å². The number of fused-ring (bicyclic) bond motifs is 1. The van der Waals surface area contributed by atoms with E-state index in [0.29, 0.717) is 0 Å². The number of aromatic nitrogens is 1. The highest BCUT2D eigenvalue weighted by Gasteiger charge is 2.09. The Hall–Kier alpha value is -1.32. The van der Waals surface area contributed by atoms with Gasteiger partial charge >= 0.3 is 0 Å². The smallest absolute Gasteiger partial charge is 0.125 e. The standard InChI is InChI=1S/C14H11NS2/c1-9-5-4-8-12-13(9)15-14(17-12)10-6-2-3-7-11(10)16/h2-8,16H,1H3. The quantitative estimate of drug-likeness (QED) is 0.630.